The average molecular weight is 266 g/mol. The molecule has 0 aliphatic heterocycles. The Bertz CT molecular complexity index is 514. The van der Waals surface area contributed by atoms with Crippen LogP contribution < -0.4 is 4.74 Å². The van der Waals surface area contributed by atoms with E-state index >= 15 is 0 Å². The predicted molar refractivity (Wildman–Crippen MR) is 49.3 cm³/mol. The molecule has 0 bridgehead atoms. The van der Waals surface area contributed by atoms with E-state index in [2.05, 4.69) is 9.72 Å². The lowest BCUT2D eigenvalue weighted by Gasteiger charge is -2.08. The molecular formula is C8H5F3N2O5. The van der Waals surface area contributed by atoms with Crippen molar-refractivity contribution in [3.8, 4) is 5.88 Å². The highest BCUT2D eigenvalue weighted by atomic mass is 19.4. The summed E-state index contributed by atoms with van der Waals surface area (Å²) in [6.45, 7) is 1.10. The van der Waals surface area contributed by atoms with Crippen LogP contribution >= 0.6 is 0 Å². The number of hydrogen-bond donors (Lipinski definition) is 1. The van der Waals surface area contributed by atoms with Gasteiger partial charge in [-0.15, -0.1) is 13.2 Å². The Balaban J connectivity index is 3.43. The summed E-state index contributed by atoms with van der Waals surface area (Å²) in [4.78, 5) is 23.0. The number of aryl methyl sites for hydroxylation is 1. The van der Waals surface area contributed by atoms with Crippen LogP contribution in [-0.2, 0) is 0 Å². The summed E-state index contributed by atoms with van der Waals surface area (Å²) >= 11 is 0. The molecule has 1 heterocycles. The van der Waals surface area contributed by atoms with Gasteiger partial charge in [-0.05, 0) is 17.4 Å². The normalized spacial score (nSPS) is 11.1. The first-order valence-electron chi connectivity index (χ1n) is 4.27. The van der Waals surface area contributed by atoms with Crippen molar-refractivity contribution in [3.63, 3.8) is 0 Å². The summed E-state index contributed by atoms with van der Waals surface area (Å²) in [6.07, 6.45) is -5.20. The van der Waals surface area contributed by atoms with Crippen LogP contribution in [0.25, 0.3) is 0 Å². The highest BCUT2D eigenvalue weighted by Crippen LogP contribution is 2.29. The number of rotatable bonds is 3. The van der Waals surface area contributed by atoms with E-state index in [1.165, 1.54) is 0 Å². The van der Waals surface area contributed by atoms with Crippen molar-refractivity contribution < 1.29 is 32.7 Å². The van der Waals surface area contributed by atoms with Crippen molar-refractivity contribution >= 4 is 11.8 Å². The lowest BCUT2D eigenvalue weighted by molar-refractivity contribution is -0.390. The Kier molecular flexibility index (Phi) is 3.39. The van der Waals surface area contributed by atoms with Crippen molar-refractivity contribution in [2.75, 3.05) is 0 Å². The maximum absolute atomic E-state index is 12.0. The summed E-state index contributed by atoms with van der Waals surface area (Å²) in [6, 6.07) is 0.743. The standard InChI is InChI=1S/C8H5F3N2O5/c1-3-2-4(13(16)17)12-6(5(3)7(14)15)18-8(9,10)11/h2H,1H3,(H,14,15). The minimum absolute atomic E-state index is 0.261. The predicted octanol–water partition coefficient (Wildman–Crippen LogP) is 1.90. The number of aromatic carboxylic acids is 1. The van der Waals surface area contributed by atoms with Gasteiger partial charge in [0, 0.05) is 11.1 Å². The number of carboxylic acid groups (broad SMARTS) is 1. The van der Waals surface area contributed by atoms with Crippen molar-refractivity contribution in [3.05, 3.63) is 27.3 Å². The molecule has 98 valence electrons. The number of carbonyl (C=O) groups is 1. The highest BCUT2D eigenvalue weighted by Gasteiger charge is 2.37. The Morgan fingerprint density at radius 2 is 2.11 bits per heavy atom. The van der Waals surface area contributed by atoms with Crippen molar-refractivity contribution in [2.45, 2.75) is 13.3 Å². The average Bonchev–Trinajstić information content (AvgIpc) is 2.12. The summed E-state index contributed by atoms with van der Waals surface area (Å²) in [7, 11) is 0. The van der Waals surface area contributed by atoms with Gasteiger partial charge in [0.25, 0.3) is 0 Å². The van der Waals surface area contributed by atoms with E-state index in [1.807, 2.05) is 0 Å². The number of nitrogens with zero attached hydrogens (tertiary/aromatic N) is 2. The molecule has 0 radical (unpaired) electrons. The topological polar surface area (TPSA) is 103 Å². The molecule has 1 aromatic rings. The largest absolute Gasteiger partial charge is 0.575 e. The van der Waals surface area contributed by atoms with Gasteiger partial charge in [-0.1, -0.05) is 0 Å². The van der Waals surface area contributed by atoms with Gasteiger partial charge < -0.3 is 20.0 Å². The maximum Gasteiger partial charge on any atom is 0.575 e. The lowest BCUT2D eigenvalue weighted by atomic mass is 10.1. The number of pyridine rings is 1. The van der Waals surface area contributed by atoms with Gasteiger partial charge in [0.2, 0.25) is 0 Å². The monoisotopic (exact) mass is 266 g/mol. The van der Waals surface area contributed by atoms with E-state index in [4.69, 9.17) is 5.11 Å². The summed E-state index contributed by atoms with van der Waals surface area (Å²) in [5.41, 5.74) is -1.14. The number of hydrogen-bond acceptors (Lipinski definition) is 5. The van der Waals surface area contributed by atoms with Crippen LogP contribution in [0.15, 0.2) is 6.07 Å². The Morgan fingerprint density at radius 3 is 2.50 bits per heavy atom. The van der Waals surface area contributed by atoms with Crippen molar-refractivity contribution in [1.29, 1.82) is 0 Å². The second kappa shape index (κ2) is 4.47. The van der Waals surface area contributed by atoms with Crippen LogP contribution in [0.3, 0.4) is 0 Å². The maximum atomic E-state index is 12.0. The molecule has 0 atom stereocenters. The first kappa shape index (κ1) is 13.7. The van der Waals surface area contributed by atoms with Crippen LogP contribution in [0.2, 0.25) is 0 Å². The number of nitro groups is 1. The number of carboxylic acids is 1. The molecule has 0 saturated carbocycles. The molecule has 7 nitrogen and oxygen atoms in total. The quantitative estimate of drug-likeness (QED) is 0.662. The number of halogens is 3. The second-order valence-electron chi connectivity index (χ2n) is 3.09. The molecule has 1 aromatic heterocycles. The fourth-order valence-electron chi connectivity index (χ4n) is 1.16. The summed E-state index contributed by atoms with van der Waals surface area (Å²) < 4.78 is 39.4. The molecule has 0 aromatic carbocycles. The number of ether oxygens (including phenoxy) is 1. The molecule has 0 aliphatic rings. The van der Waals surface area contributed by atoms with E-state index in [-0.39, 0.29) is 5.56 Å². The van der Waals surface area contributed by atoms with Crippen LogP contribution in [-0.4, -0.2) is 27.3 Å². The Labute approximate surface area is 97.0 Å². The first-order valence-corrected chi connectivity index (χ1v) is 4.27. The first-order chi connectivity index (χ1) is 8.11. The zero-order valence-corrected chi connectivity index (χ0v) is 8.69. The number of alkyl halides is 3. The van der Waals surface area contributed by atoms with Gasteiger partial charge in [-0.25, -0.2) is 4.79 Å². The smallest absolute Gasteiger partial charge is 0.477 e. The molecular weight excluding hydrogens is 261 g/mol. The van der Waals surface area contributed by atoms with E-state index in [1.54, 1.807) is 0 Å². The van der Waals surface area contributed by atoms with Gasteiger partial charge in [-0.3, -0.25) is 0 Å². The molecule has 0 saturated heterocycles. The van der Waals surface area contributed by atoms with E-state index in [9.17, 15) is 28.1 Å². The fraction of sp³-hybridized carbons (Fsp3) is 0.250. The van der Waals surface area contributed by atoms with Crippen LogP contribution in [0.1, 0.15) is 15.9 Å². The third kappa shape index (κ3) is 3.06. The molecule has 0 spiro atoms. The zero-order valence-electron chi connectivity index (χ0n) is 8.69. The third-order valence-electron chi connectivity index (χ3n) is 1.78. The minimum atomic E-state index is -5.20. The number of aromatic nitrogens is 1. The van der Waals surface area contributed by atoms with E-state index < -0.39 is 34.5 Å². The molecule has 1 rings (SSSR count). The van der Waals surface area contributed by atoms with Gasteiger partial charge in [0.05, 0.1) is 0 Å². The van der Waals surface area contributed by atoms with Gasteiger partial charge in [0.15, 0.2) is 5.56 Å². The molecule has 10 heteroatoms. The molecule has 0 amide bonds. The van der Waals surface area contributed by atoms with Crippen molar-refractivity contribution in [2.24, 2.45) is 0 Å². The summed E-state index contributed by atoms with van der Waals surface area (Å²) in [5, 5.41) is 19.1. The van der Waals surface area contributed by atoms with Crippen molar-refractivity contribution in [1.82, 2.24) is 4.98 Å². The van der Waals surface area contributed by atoms with E-state index in [0.717, 1.165) is 13.0 Å². The highest BCUT2D eigenvalue weighted by molar-refractivity contribution is 5.92. The second-order valence-corrected chi connectivity index (χ2v) is 3.09. The van der Waals surface area contributed by atoms with Gasteiger partial charge >= 0.3 is 24.0 Å². The third-order valence-corrected chi connectivity index (χ3v) is 1.78. The molecule has 0 unspecified atom stereocenters. The van der Waals surface area contributed by atoms with Gasteiger partial charge in [0.1, 0.15) is 0 Å². The van der Waals surface area contributed by atoms with Crippen LogP contribution in [0.5, 0.6) is 5.88 Å². The Hall–Kier alpha value is -2.39. The SMILES string of the molecule is Cc1cc([N+](=O)[O-])nc(OC(F)(F)F)c1C(=O)O. The molecule has 18 heavy (non-hydrogen) atoms. The van der Waals surface area contributed by atoms with E-state index in [0.29, 0.717) is 0 Å². The molecule has 0 aliphatic carbocycles. The Morgan fingerprint density at radius 1 is 1.56 bits per heavy atom. The lowest BCUT2D eigenvalue weighted by Crippen LogP contribution is -2.21. The minimum Gasteiger partial charge on any atom is -0.477 e. The summed E-state index contributed by atoms with van der Waals surface area (Å²) in [5.74, 6) is -4.02. The molecule has 0 fully saturated rings. The van der Waals surface area contributed by atoms with Crippen LogP contribution in [0.4, 0.5) is 19.0 Å². The van der Waals surface area contributed by atoms with Gasteiger partial charge in [-0.2, -0.15) is 0 Å². The zero-order chi connectivity index (χ0) is 14.1. The molecule has 1 N–H and O–H groups in total. The van der Waals surface area contributed by atoms with Crippen LogP contribution in [0, 0.1) is 17.0 Å². The fourth-order valence-corrected chi connectivity index (χ4v) is 1.16.